The Bertz CT molecular complexity index is 407. The number of halogens is 1. The molecule has 1 aliphatic rings. The first kappa shape index (κ1) is 13.7. The van der Waals surface area contributed by atoms with Crippen LogP contribution in [0.3, 0.4) is 0 Å². The highest BCUT2D eigenvalue weighted by molar-refractivity contribution is 9.10. The van der Waals surface area contributed by atoms with E-state index in [9.17, 15) is 0 Å². The maximum atomic E-state index is 5.34. The summed E-state index contributed by atoms with van der Waals surface area (Å²) in [6.45, 7) is 4.70. The number of hydrogen-bond donors (Lipinski definition) is 1. The van der Waals surface area contributed by atoms with Crippen LogP contribution < -0.4 is 10.1 Å². The molecule has 1 fully saturated rings. The molecule has 3 atom stereocenters. The van der Waals surface area contributed by atoms with Crippen molar-refractivity contribution < 1.29 is 4.74 Å². The smallest absolute Gasteiger partial charge is 0.135 e. The molecule has 3 unspecified atom stereocenters. The van der Waals surface area contributed by atoms with Gasteiger partial charge in [0.25, 0.3) is 0 Å². The molecule has 0 spiro atoms. The highest BCUT2D eigenvalue weighted by atomic mass is 79.9. The summed E-state index contributed by atoms with van der Waals surface area (Å²) in [5.74, 6) is 2.46. The van der Waals surface area contributed by atoms with Crippen molar-refractivity contribution >= 4 is 21.6 Å². The third-order valence-corrected chi connectivity index (χ3v) is 4.62. The molecule has 0 heterocycles. The van der Waals surface area contributed by atoms with Crippen molar-refractivity contribution in [2.75, 3.05) is 12.4 Å². The van der Waals surface area contributed by atoms with E-state index in [4.69, 9.17) is 4.74 Å². The van der Waals surface area contributed by atoms with E-state index in [2.05, 4.69) is 47.2 Å². The molecule has 0 aromatic heterocycles. The lowest BCUT2D eigenvalue weighted by molar-refractivity contribution is 0.280. The van der Waals surface area contributed by atoms with Gasteiger partial charge in [-0.3, -0.25) is 0 Å². The molecule has 2 rings (SSSR count). The van der Waals surface area contributed by atoms with Gasteiger partial charge in [0.05, 0.1) is 11.6 Å². The van der Waals surface area contributed by atoms with Crippen molar-refractivity contribution in [1.29, 1.82) is 0 Å². The van der Waals surface area contributed by atoms with Crippen LogP contribution in [0.25, 0.3) is 0 Å². The SMILES string of the molecule is COc1cc(NC2CC(C)CCC2C)ccc1Br. The van der Waals surface area contributed by atoms with Crippen LogP contribution in [0, 0.1) is 11.8 Å². The van der Waals surface area contributed by atoms with Gasteiger partial charge in [0.2, 0.25) is 0 Å². The average Bonchev–Trinajstić information content (AvgIpc) is 2.36. The van der Waals surface area contributed by atoms with Crippen LogP contribution in [-0.4, -0.2) is 13.2 Å². The first-order chi connectivity index (χ1) is 8.60. The molecule has 1 aliphatic carbocycles. The quantitative estimate of drug-likeness (QED) is 0.874. The van der Waals surface area contributed by atoms with Crippen molar-refractivity contribution in [3.8, 4) is 5.75 Å². The number of methoxy groups -OCH3 is 1. The van der Waals surface area contributed by atoms with Crippen LogP contribution in [0.2, 0.25) is 0 Å². The van der Waals surface area contributed by atoms with E-state index in [1.807, 2.05) is 6.07 Å². The Morgan fingerprint density at radius 3 is 2.78 bits per heavy atom. The highest BCUT2D eigenvalue weighted by Crippen LogP contribution is 2.33. The second-order valence-corrected chi connectivity index (χ2v) is 6.35. The van der Waals surface area contributed by atoms with E-state index in [0.29, 0.717) is 6.04 Å². The van der Waals surface area contributed by atoms with Crippen LogP contribution >= 0.6 is 15.9 Å². The van der Waals surface area contributed by atoms with Gasteiger partial charge >= 0.3 is 0 Å². The van der Waals surface area contributed by atoms with Crippen LogP contribution in [-0.2, 0) is 0 Å². The molecule has 100 valence electrons. The molecule has 0 saturated heterocycles. The summed E-state index contributed by atoms with van der Waals surface area (Å²) in [4.78, 5) is 0. The van der Waals surface area contributed by atoms with Crippen LogP contribution in [0.5, 0.6) is 5.75 Å². The lowest BCUT2D eigenvalue weighted by atomic mass is 9.80. The average molecular weight is 312 g/mol. The van der Waals surface area contributed by atoms with Crippen molar-refractivity contribution in [1.82, 2.24) is 0 Å². The van der Waals surface area contributed by atoms with E-state index in [0.717, 1.165) is 27.7 Å². The molecule has 2 nitrogen and oxygen atoms in total. The Morgan fingerprint density at radius 2 is 2.06 bits per heavy atom. The number of ether oxygens (including phenoxy) is 1. The topological polar surface area (TPSA) is 21.3 Å². The summed E-state index contributed by atoms with van der Waals surface area (Å²) in [7, 11) is 1.70. The van der Waals surface area contributed by atoms with Gasteiger partial charge in [0.15, 0.2) is 0 Å². The molecule has 1 N–H and O–H groups in total. The standard InChI is InChI=1S/C15H22BrNO/c1-10-4-5-11(2)14(8-10)17-12-6-7-13(16)15(9-12)18-3/h6-7,9-11,14,17H,4-5,8H2,1-3H3. The maximum Gasteiger partial charge on any atom is 0.135 e. The summed E-state index contributed by atoms with van der Waals surface area (Å²) < 4.78 is 6.34. The minimum Gasteiger partial charge on any atom is -0.495 e. The van der Waals surface area contributed by atoms with Crippen molar-refractivity contribution in [2.45, 2.75) is 39.2 Å². The Hall–Kier alpha value is -0.700. The van der Waals surface area contributed by atoms with Gasteiger partial charge in [-0.2, -0.15) is 0 Å². The normalized spacial score (nSPS) is 27.9. The molecule has 0 aliphatic heterocycles. The van der Waals surface area contributed by atoms with Crippen LogP contribution in [0.4, 0.5) is 5.69 Å². The minimum absolute atomic E-state index is 0.583. The largest absolute Gasteiger partial charge is 0.495 e. The van der Waals surface area contributed by atoms with E-state index >= 15 is 0 Å². The van der Waals surface area contributed by atoms with Gasteiger partial charge in [0.1, 0.15) is 5.75 Å². The number of hydrogen-bond acceptors (Lipinski definition) is 2. The maximum absolute atomic E-state index is 5.34. The molecule has 3 heteroatoms. The van der Waals surface area contributed by atoms with Crippen molar-refractivity contribution in [2.24, 2.45) is 11.8 Å². The molecule has 1 aromatic rings. The Kier molecular flexibility index (Phi) is 4.55. The van der Waals surface area contributed by atoms with E-state index in [1.54, 1.807) is 7.11 Å². The van der Waals surface area contributed by atoms with Gasteiger partial charge in [-0.05, 0) is 52.7 Å². The molecule has 1 saturated carbocycles. The molecule has 0 radical (unpaired) electrons. The Labute approximate surface area is 118 Å². The molecular weight excluding hydrogens is 290 g/mol. The van der Waals surface area contributed by atoms with E-state index in [1.165, 1.54) is 19.3 Å². The van der Waals surface area contributed by atoms with Crippen LogP contribution in [0.15, 0.2) is 22.7 Å². The molecular formula is C15H22BrNO. The second-order valence-electron chi connectivity index (χ2n) is 5.50. The zero-order chi connectivity index (χ0) is 13.1. The summed E-state index contributed by atoms with van der Waals surface area (Å²) >= 11 is 3.48. The van der Waals surface area contributed by atoms with Gasteiger partial charge in [-0.15, -0.1) is 0 Å². The zero-order valence-corrected chi connectivity index (χ0v) is 13.0. The summed E-state index contributed by atoms with van der Waals surface area (Å²) in [6.07, 6.45) is 3.95. The van der Waals surface area contributed by atoms with Gasteiger partial charge in [-0.1, -0.05) is 20.3 Å². The number of anilines is 1. The minimum atomic E-state index is 0.583. The predicted molar refractivity (Wildman–Crippen MR) is 80.3 cm³/mol. The Balaban J connectivity index is 2.08. The molecule has 18 heavy (non-hydrogen) atoms. The van der Waals surface area contributed by atoms with E-state index in [-0.39, 0.29) is 0 Å². The number of rotatable bonds is 3. The molecule has 0 amide bonds. The first-order valence-corrected chi connectivity index (χ1v) is 7.49. The molecule has 0 bridgehead atoms. The number of benzene rings is 1. The fourth-order valence-electron chi connectivity index (χ4n) is 2.70. The zero-order valence-electron chi connectivity index (χ0n) is 11.4. The van der Waals surface area contributed by atoms with Crippen LogP contribution in [0.1, 0.15) is 33.1 Å². The third kappa shape index (κ3) is 3.19. The number of nitrogens with one attached hydrogen (secondary N) is 1. The van der Waals surface area contributed by atoms with Crippen molar-refractivity contribution in [3.63, 3.8) is 0 Å². The lowest BCUT2D eigenvalue weighted by Crippen LogP contribution is -2.33. The second kappa shape index (κ2) is 5.96. The lowest BCUT2D eigenvalue weighted by Gasteiger charge is -2.34. The van der Waals surface area contributed by atoms with Gasteiger partial charge in [0, 0.05) is 17.8 Å². The first-order valence-electron chi connectivity index (χ1n) is 6.70. The Morgan fingerprint density at radius 1 is 1.28 bits per heavy atom. The monoisotopic (exact) mass is 311 g/mol. The van der Waals surface area contributed by atoms with Crippen molar-refractivity contribution in [3.05, 3.63) is 22.7 Å². The van der Waals surface area contributed by atoms with Gasteiger partial charge in [-0.25, -0.2) is 0 Å². The third-order valence-electron chi connectivity index (χ3n) is 3.96. The molecule has 1 aromatic carbocycles. The summed E-state index contributed by atoms with van der Waals surface area (Å²) in [6, 6.07) is 6.80. The summed E-state index contributed by atoms with van der Waals surface area (Å²) in [5, 5.41) is 3.66. The fraction of sp³-hybridized carbons (Fsp3) is 0.600. The fourth-order valence-corrected chi connectivity index (χ4v) is 3.11. The predicted octanol–water partition coefficient (Wildman–Crippen LogP) is 4.69. The van der Waals surface area contributed by atoms with Gasteiger partial charge < -0.3 is 10.1 Å². The summed E-state index contributed by atoms with van der Waals surface area (Å²) in [5.41, 5.74) is 1.15. The van der Waals surface area contributed by atoms with E-state index < -0.39 is 0 Å². The highest BCUT2D eigenvalue weighted by Gasteiger charge is 2.25.